The van der Waals surface area contributed by atoms with Gasteiger partial charge in [0.1, 0.15) is 5.82 Å². The lowest BCUT2D eigenvalue weighted by Gasteiger charge is -2.36. The van der Waals surface area contributed by atoms with Crippen LogP contribution in [0, 0.1) is 6.92 Å². The van der Waals surface area contributed by atoms with Gasteiger partial charge < -0.3 is 10.0 Å². The van der Waals surface area contributed by atoms with Crippen LogP contribution in [-0.2, 0) is 0 Å². The van der Waals surface area contributed by atoms with Crippen LogP contribution >= 0.6 is 11.5 Å². The van der Waals surface area contributed by atoms with Crippen molar-refractivity contribution in [3.05, 3.63) is 5.82 Å². The molecule has 1 atom stereocenters. The summed E-state index contributed by atoms with van der Waals surface area (Å²) in [5.41, 5.74) is -0.785. The highest BCUT2D eigenvalue weighted by atomic mass is 32.1. The molecule has 0 unspecified atom stereocenters. The quantitative estimate of drug-likeness (QED) is 0.792. The molecule has 0 radical (unpaired) electrons. The molecule has 0 spiro atoms. The van der Waals surface area contributed by atoms with Gasteiger partial charge in [-0.05, 0) is 26.7 Å². The first-order valence-corrected chi connectivity index (χ1v) is 6.32. The number of likely N-dealkylation sites (tertiary alicyclic amines) is 1. The second-order valence-corrected chi connectivity index (χ2v) is 5.35. The average molecular weight is 256 g/mol. The molecule has 1 aromatic heterocycles. The lowest BCUT2D eigenvalue weighted by molar-refractivity contribution is -0.000635. The van der Waals surface area contributed by atoms with Crippen LogP contribution in [0.4, 0.5) is 9.93 Å². The molecule has 0 saturated carbocycles. The summed E-state index contributed by atoms with van der Waals surface area (Å²) in [6.07, 6.45) is 1.55. The lowest BCUT2D eigenvalue weighted by atomic mass is 9.95. The molecule has 2 N–H and O–H groups in total. The van der Waals surface area contributed by atoms with Crippen LogP contribution in [0.2, 0.25) is 0 Å². The first-order valence-electron chi connectivity index (χ1n) is 5.55. The minimum atomic E-state index is -0.785. The Labute approximate surface area is 104 Å². The summed E-state index contributed by atoms with van der Waals surface area (Å²) in [5, 5.41) is 13.1. The van der Waals surface area contributed by atoms with E-state index in [0.717, 1.165) is 24.4 Å². The molecule has 0 aliphatic carbocycles. The molecule has 2 amide bonds. The number of nitrogens with zero attached hydrogens (tertiary/aromatic N) is 3. The Hall–Kier alpha value is -1.21. The molecule has 7 heteroatoms. The normalized spacial score (nSPS) is 24.8. The molecule has 1 saturated heterocycles. The summed E-state index contributed by atoms with van der Waals surface area (Å²) < 4.78 is 3.99. The van der Waals surface area contributed by atoms with E-state index >= 15 is 0 Å². The highest BCUT2D eigenvalue weighted by molar-refractivity contribution is 7.09. The molecule has 1 fully saturated rings. The van der Waals surface area contributed by atoms with Gasteiger partial charge in [-0.15, -0.1) is 0 Å². The second-order valence-electron chi connectivity index (χ2n) is 4.60. The van der Waals surface area contributed by atoms with Crippen LogP contribution in [0.25, 0.3) is 0 Å². The summed E-state index contributed by atoms with van der Waals surface area (Å²) >= 11 is 1.16. The maximum absolute atomic E-state index is 11.9. The fraction of sp³-hybridized carbons (Fsp3) is 0.700. The first kappa shape index (κ1) is 12.3. The average Bonchev–Trinajstić information content (AvgIpc) is 2.62. The number of aromatic nitrogens is 2. The van der Waals surface area contributed by atoms with Crippen molar-refractivity contribution in [3.8, 4) is 0 Å². The van der Waals surface area contributed by atoms with Crippen molar-refractivity contribution in [1.29, 1.82) is 0 Å². The molecule has 0 bridgehead atoms. The van der Waals surface area contributed by atoms with Gasteiger partial charge in [-0.3, -0.25) is 5.32 Å². The molecular weight excluding hydrogens is 240 g/mol. The van der Waals surface area contributed by atoms with E-state index in [1.807, 2.05) is 0 Å². The van der Waals surface area contributed by atoms with Crippen molar-refractivity contribution in [2.24, 2.45) is 0 Å². The number of carbonyl (C=O) groups is 1. The Balaban J connectivity index is 1.96. The number of nitrogens with one attached hydrogen (secondary N) is 1. The Kier molecular flexibility index (Phi) is 3.30. The Bertz CT molecular complexity index is 418. The number of hydrogen-bond acceptors (Lipinski definition) is 5. The third kappa shape index (κ3) is 3.13. The summed E-state index contributed by atoms with van der Waals surface area (Å²) in [7, 11) is 0. The Morgan fingerprint density at radius 2 is 2.41 bits per heavy atom. The summed E-state index contributed by atoms with van der Waals surface area (Å²) in [6, 6.07) is -0.221. The number of piperidine rings is 1. The van der Waals surface area contributed by atoms with Crippen molar-refractivity contribution in [2.75, 3.05) is 18.4 Å². The van der Waals surface area contributed by atoms with E-state index in [9.17, 15) is 9.90 Å². The van der Waals surface area contributed by atoms with E-state index in [2.05, 4.69) is 14.7 Å². The molecule has 2 heterocycles. The van der Waals surface area contributed by atoms with Gasteiger partial charge in [-0.25, -0.2) is 9.78 Å². The van der Waals surface area contributed by atoms with Crippen LogP contribution in [0.1, 0.15) is 25.6 Å². The number of amides is 2. The number of urea groups is 1. The lowest BCUT2D eigenvalue weighted by Crippen LogP contribution is -2.49. The molecule has 1 aromatic rings. The zero-order valence-electron chi connectivity index (χ0n) is 9.93. The van der Waals surface area contributed by atoms with Crippen LogP contribution in [-0.4, -0.2) is 44.1 Å². The Morgan fingerprint density at radius 3 is 3.00 bits per heavy atom. The summed E-state index contributed by atoms with van der Waals surface area (Å²) in [4.78, 5) is 17.6. The maximum Gasteiger partial charge on any atom is 0.323 e. The highest BCUT2D eigenvalue weighted by Crippen LogP contribution is 2.21. The third-order valence-electron chi connectivity index (χ3n) is 2.70. The van der Waals surface area contributed by atoms with Gasteiger partial charge in [0.15, 0.2) is 0 Å². The van der Waals surface area contributed by atoms with Crippen molar-refractivity contribution < 1.29 is 9.90 Å². The SMILES string of the molecule is Cc1nsc(NC(=O)N2CCC[C@](C)(O)C2)n1. The zero-order chi connectivity index (χ0) is 12.5. The fourth-order valence-corrected chi connectivity index (χ4v) is 2.48. The van der Waals surface area contributed by atoms with Gasteiger partial charge in [0, 0.05) is 18.1 Å². The molecule has 17 heavy (non-hydrogen) atoms. The van der Waals surface area contributed by atoms with Gasteiger partial charge in [0.2, 0.25) is 5.13 Å². The van der Waals surface area contributed by atoms with Gasteiger partial charge in [-0.1, -0.05) is 0 Å². The number of β-amino-alcohol motifs (C(OH)–C–C–N with tert-alkyl or cyclic N) is 1. The largest absolute Gasteiger partial charge is 0.388 e. The number of hydrogen-bond donors (Lipinski definition) is 2. The van der Waals surface area contributed by atoms with E-state index in [-0.39, 0.29) is 6.03 Å². The molecule has 6 nitrogen and oxygen atoms in total. The zero-order valence-corrected chi connectivity index (χ0v) is 10.8. The topological polar surface area (TPSA) is 78.4 Å². The van der Waals surface area contributed by atoms with E-state index in [1.54, 1.807) is 18.7 Å². The van der Waals surface area contributed by atoms with Crippen LogP contribution in [0.5, 0.6) is 0 Å². The van der Waals surface area contributed by atoms with Crippen molar-refractivity contribution >= 4 is 22.7 Å². The molecule has 0 aromatic carbocycles. The number of aryl methyl sites for hydroxylation is 1. The van der Waals surface area contributed by atoms with Gasteiger partial charge in [0.05, 0.1) is 12.1 Å². The van der Waals surface area contributed by atoms with E-state index in [1.165, 1.54) is 0 Å². The van der Waals surface area contributed by atoms with E-state index in [0.29, 0.717) is 24.0 Å². The summed E-state index contributed by atoms with van der Waals surface area (Å²) in [6.45, 7) is 4.55. The van der Waals surface area contributed by atoms with Gasteiger partial charge in [0.25, 0.3) is 0 Å². The van der Waals surface area contributed by atoms with Crippen molar-refractivity contribution in [1.82, 2.24) is 14.3 Å². The van der Waals surface area contributed by atoms with Gasteiger partial charge >= 0.3 is 6.03 Å². The third-order valence-corrected chi connectivity index (χ3v) is 3.43. The molecule has 2 rings (SSSR count). The smallest absolute Gasteiger partial charge is 0.323 e. The minimum absolute atomic E-state index is 0.221. The van der Waals surface area contributed by atoms with E-state index in [4.69, 9.17) is 0 Å². The Morgan fingerprint density at radius 1 is 1.65 bits per heavy atom. The summed E-state index contributed by atoms with van der Waals surface area (Å²) in [5.74, 6) is 0.649. The maximum atomic E-state index is 11.9. The number of anilines is 1. The monoisotopic (exact) mass is 256 g/mol. The first-order chi connectivity index (χ1) is 7.96. The number of rotatable bonds is 1. The highest BCUT2D eigenvalue weighted by Gasteiger charge is 2.31. The molecule has 1 aliphatic rings. The standard InChI is InChI=1S/C10H16N4O2S/c1-7-11-8(17-13-7)12-9(15)14-5-3-4-10(2,16)6-14/h16H,3-6H2,1-2H3,(H,11,12,13,15)/t10-/m0/s1. The predicted octanol–water partition coefficient (Wildman–Crippen LogP) is 1.23. The van der Waals surface area contributed by atoms with Crippen LogP contribution < -0.4 is 5.32 Å². The van der Waals surface area contributed by atoms with Gasteiger partial charge in [-0.2, -0.15) is 4.37 Å². The number of aliphatic hydroxyl groups is 1. The van der Waals surface area contributed by atoms with Crippen LogP contribution in [0.3, 0.4) is 0 Å². The number of carbonyl (C=O) groups excluding carboxylic acids is 1. The molecule has 1 aliphatic heterocycles. The van der Waals surface area contributed by atoms with Crippen molar-refractivity contribution in [2.45, 2.75) is 32.3 Å². The minimum Gasteiger partial charge on any atom is -0.388 e. The van der Waals surface area contributed by atoms with Crippen molar-refractivity contribution in [3.63, 3.8) is 0 Å². The molecule has 94 valence electrons. The van der Waals surface area contributed by atoms with E-state index < -0.39 is 5.60 Å². The second kappa shape index (κ2) is 4.58. The molecular formula is C10H16N4O2S. The predicted molar refractivity (Wildman–Crippen MR) is 65.1 cm³/mol. The van der Waals surface area contributed by atoms with Crippen LogP contribution in [0.15, 0.2) is 0 Å². The fourth-order valence-electron chi connectivity index (χ4n) is 1.91.